The number of piperidine rings is 1. The smallest absolute Gasteiger partial charge is 0.242 e. The molecule has 1 heterocycles. The second kappa shape index (κ2) is 4.10. The molecule has 1 amide bonds. The van der Waals surface area contributed by atoms with E-state index < -0.39 is 5.54 Å². The molecule has 1 aliphatic carbocycles. The molecule has 1 saturated carbocycles. The molecule has 2 fully saturated rings. The summed E-state index contributed by atoms with van der Waals surface area (Å²) < 4.78 is 0. The van der Waals surface area contributed by atoms with Crippen LogP contribution in [0.1, 0.15) is 32.1 Å². The number of likely N-dealkylation sites (tertiary alicyclic amines) is 1. The predicted molar refractivity (Wildman–Crippen MR) is 57.2 cm³/mol. The van der Waals surface area contributed by atoms with Crippen LogP contribution in [0.15, 0.2) is 0 Å². The molecular weight excluding hydrogens is 192 g/mol. The molecule has 2 rings (SSSR count). The molecule has 0 atom stereocenters. The van der Waals surface area contributed by atoms with Crippen molar-refractivity contribution in [2.24, 2.45) is 11.7 Å². The van der Waals surface area contributed by atoms with E-state index in [1.807, 2.05) is 4.90 Å². The first kappa shape index (κ1) is 10.9. The van der Waals surface area contributed by atoms with Gasteiger partial charge in [-0.25, -0.2) is 0 Å². The van der Waals surface area contributed by atoms with Crippen LogP contribution in [0, 0.1) is 5.92 Å². The zero-order valence-corrected chi connectivity index (χ0v) is 9.11. The van der Waals surface area contributed by atoms with E-state index in [9.17, 15) is 4.79 Å². The lowest BCUT2D eigenvalue weighted by Crippen LogP contribution is -2.60. The van der Waals surface area contributed by atoms with Gasteiger partial charge in [0.2, 0.25) is 5.91 Å². The van der Waals surface area contributed by atoms with E-state index in [4.69, 9.17) is 10.8 Å². The lowest BCUT2D eigenvalue weighted by Gasteiger charge is -2.42. The van der Waals surface area contributed by atoms with Crippen molar-refractivity contribution in [2.75, 3.05) is 19.7 Å². The van der Waals surface area contributed by atoms with Crippen LogP contribution in [0.2, 0.25) is 0 Å². The SMILES string of the molecule is NC1(C(=O)N2CCC(CO)CC2)CCC1. The second-order valence-corrected chi connectivity index (χ2v) is 4.93. The monoisotopic (exact) mass is 212 g/mol. The normalized spacial score (nSPS) is 26.1. The fourth-order valence-corrected chi connectivity index (χ4v) is 2.41. The number of nitrogens with two attached hydrogens (primary N) is 1. The van der Waals surface area contributed by atoms with Crippen molar-refractivity contribution in [3.63, 3.8) is 0 Å². The highest BCUT2D eigenvalue weighted by Gasteiger charge is 2.43. The Kier molecular flexibility index (Phi) is 2.98. The topological polar surface area (TPSA) is 66.6 Å². The summed E-state index contributed by atoms with van der Waals surface area (Å²) in [5.41, 5.74) is 5.45. The first-order valence-corrected chi connectivity index (χ1v) is 5.85. The summed E-state index contributed by atoms with van der Waals surface area (Å²) in [7, 11) is 0. The molecule has 3 N–H and O–H groups in total. The van der Waals surface area contributed by atoms with Crippen LogP contribution in [-0.2, 0) is 4.79 Å². The van der Waals surface area contributed by atoms with Crippen molar-refractivity contribution in [2.45, 2.75) is 37.6 Å². The fourth-order valence-electron chi connectivity index (χ4n) is 2.41. The van der Waals surface area contributed by atoms with Gasteiger partial charge in [0.05, 0.1) is 5.54 Å². The number of carbonyl (C=O) groups excluding carboxylic acids is 1. The van der Waals surface area contributed by atoms with Crippen LogP contribution in [0.4, 0.5) is 0 Å². The summed E-state index contributed by atoms with van der Waals surface area (Å²) in [6.07, 6.45) is 4.59. The quantitative estimate of drug-likeness (QED) is 0.682. The van der Waals surface area contributed by atoms with Crippen molar-refractivity contribution in [3.8, 4) is 0 Å². The molecule has 4 heteroatoms. The van der Waals surface area contributed by atoms with Gasteiger partial charge >= 0.3 is 0 Å². The van der Waals surface area contributed by atoms with Crippen LogP contribution >= 0.6 is 0 Å². The molecule has 1 saturated heterocycles. The molecule has 86 valence electrons. The molecule has 4 nitrogen and oxygen atoms in total. The van der Waals surface area contributed by atoms with E-state index in [-0.39, 0.29) is 12.5 Å². The third-order valence-electron chi connectivity index (χ3n) is 3.83. The van der Waals surface area contributed by atoms with Crippen molar-refractivity contribution >= 4 is 5.91 Å². The van der Waals surface area contributed by atoms with Gasteiger partial charge in [0, 0.05) is 19.7 Å². The Morgan fingerprint density at radius 1 is 1.40 bits per heavy atom. The van der Waals surface area contributed by atoms with Crippen molar-refractivity contribution < 1.29 is 9.90 Å². The van der Waals surface area contributed by atoms with Crippen molar-refractivity contribution in [1.82, 2.24) is 4.90 Å². The van der Waals surface area contributed by atoms with E-state index in [0.717, 1.165) is 45.2 Å². The van der Waals surface area contributed by atoms with Gasteiger partial charge in [-0.3, -0.25) is 4.79 Å². The van der Waals surface area contributed by atoms with E-state index in [2.05, 4.69) is 0 Å². The summed E-state index contributed by atoms with van der Waals surface area (Å²) in [5, 5.41) is 9.00. The Morgan fingerprint density at radius 3 is 2.40 bits per heavy atom. The predicted octanol–water partition coefficient (Wildman–Crippen LogP) is 0.0987. The third kappa shape index (κ3) is 2.01. The molecule has 15 heavy (non-hydrogen) atoms. The lowest BCUT2D eigenvalue weighted by atomic mass is 9.76. The molecule has 1 aliphatic heterocycles. The van der Waals surface area contributed by atoms with E-state index in [1.54, 1.807) is 0 Å². The third-order valence-corrected chi connectivity index (χ3v) is 3.83. The zero-order chi connectivity index (χ0) is 10.9. The Morgan fingerprint density at radius 2 is 2.00 bits per heavy atom. The first-order chi connectivity index (χ1) is 7.15. The number of hydrogen-bond donors (Lipinski definition) is 2. The number of hydrogen-bond acceptors (Lipinski definition) is 3. The summed E-state index contributed by atoms with van der Waals surface area (Å²) in [6, 6.07) is 0. The molecular formula is C11H20N2O2. The minimum atomic E-state index is -0.550. The summed E-state index contributed by atoms with van der Waals surface area (Å²) in [4.78, 5) is 13.9. The lowest BCUT2D eigenvalue weighted by molar-refractivity contribution is -0.141. The summed E-state index contributed by atoms with van der Waals surface area (Å²) >= 11 is 0. The molecule has 0 unspecified atom stereocenters. The van der Waals surface area contributed by atoms with Crippen LogP contribution < -0.4 is 5.73 Å². The second-order valence-electron chi connectivity index (χ2n) is 4.93. The van der Waals surface area contributed by atoms with Gasteiger partial charge in [-0.05, 0) is 38.0 Å². The molecule has 0 spiro atoms. The largest absolute Gasteiger partial charge is 0.396 e. The van der Waals surface area contributed by atoms with Crippen LogP contribution in [0.3, 0.4) is 0 Å². The summed E-state index contributed by atoms with van der Waals surface area (Å²) in [5.74, 6) is 0.509. The maximum absolute atomic E-state index is 12.0. The Hall–Kier alpha value is -0.610. The zero-order valence-electron chi connectivity index (χ0n) is 9.11. The molecule has 0 radical (unpaired) electrons. The number of nitrogens with zero attached hydrogens (tertiary/aromatic N) is 1. The number of carbonyl (C=O) groups is 1. The van der Waals surface area contributed by atoms with Crippen molar-refractivity contribution in [3.05, 3.63) is 0 Å². The Labute approximate surface area is 90.4 Å². The highest BCUT2D eigenvalue weighted by atomic mass is 16.3. The van der Waals surface area contributed by atoms with Crippen LogP contribution in [0.5, 0.6) is 0 Å². The first-order valence-electron chi connectivity index (χ1n) is 5.85. The molecule has 0 aromatic heterocycles. The van der Waals surface area contributed by atoms with Gasteiger partial charge in [0.15, 0.2) is 0 Å². The molecule has 0 aromatic carbocycles. The van der Waals surface area contributed by atoms with Gasteiger partial charge in [-0.1, -0.05) is 0 Å². The van der Waals surface area contributed by atoms with E-state index >= 15 is 0 Å². The Balaban J connectivity index is 1.87. The number of aliphatic hydroxyl groups excluding tert-OH is 1. The highest BCUT2D eigenvalue weighted by Crippen LogP contribution is 2.32. The fraction of sp³-hybridized carbons (Fsp3) is 0.909. The number of aliphatic hydroxyl groups is 1. The average Bonchev–Trinajstić information content (AvgIpc) is 2.25. The molecule has 0 bridgehead atoms. The number of rotatable bonds is 2. The van der Waals surface area contributed by atoms with E-state index in [0.29, 0.717) is 5.92 Å². The van der Waals surface area contributed by atoms with Crippen LogP contribution in [0.25, 0.3) is 0 Å². The van der Waals surface area contributed by atoms with Crippen molar-refractivity contribution in [1.29, 1.82) is 0 Å². The Bertz CT molecular complexity index is 243. The van der Waals surface area contributed by atoms with Gasteiger partial charge in [0.25, 0.3) is 0 Å². The standard InChI is InChI=1S/C11H20N2O2/c12-11(4-1-5-11)10(15)13-6-2-9(8-14)3-7-13/h9,14H,1-8,12H2. The molecule has 0 aromatic rings. The molecule has 2 aliphatic rings. The highest BCUT2D eigenvalue weighted by molar-refractivity contribution is 5.87. The van der Waals surface area contributed by atoms with Gasteiger partial charge in [0.1, 0.15) is 0 Å². The minimum absolute atomic E-state index is 0.130. The maximum Gasteiger partial charge on any atom is 0.242 e. The van der Waals surface area contributed by atoms with Gasteiger partial charge in [-0.2, -0.15) is 0 Å². The number of amides is 1. The van der Waals surface area contributed by atoms with Gasteiger partial charge in [-0.15, -0.1) is 0 Å². The average molecular weight is 212 g/mol. The minimum Gasteiger partial charge on any atom is -0.396 e. The maximum atomic E-state index is 12.0. The van der Waals surface area contributed by atoms with Gasteiger partial charge < -0.3 is 15.7 Å². The summed E-state index contributed by atoms with van der Waals surface area (Å²) in [6.45, 7) is 1.78. The van der Waals surface area contributed by atoms with Crippen LogP contribution in [-0.4, -0.2) is 41.1 Å². The van der Waals surface area contributed by atoms with E-state index in [1.165, 1.54) is 0 Å².